The van der Waals surface area contributed by atoms with Gasteiger partial charge in [0.15, 0.2) is 0 Å². The monoisotopic (exact) mass is 573 g/mol. The highest BCUT2D eigenvalue weighted by molar-refractivity contribution is 6.15. The van der Waals surface area contributed by atoms with Crippen LogP contribution >= 0.6 is 0 Å². The van der Waals surface area contributed by atoms with Crippen LogP contribution in [-0.2, 0) is 0 Å². The Bertz CT molecular complexity index is 2580. The molecule has 0 fully saturated rings. The first-order chi connectivity index (χ1) is 22.3. The molecule has 210 valence electrons. The van der Waals surface area contributed by atoms with Crippen molar-refractivity contribution in [2.45, 2.75) is 5.92 Å². The van der Waals surface area contributed by atoms with E-state index in [-0.39, 0.29) is 5.92 Å². The number of fused-ring (bicyclic) bond motifs is 10. The van der Waals surface area contributed by atoms with Crippen molar-refractivity contribution in [2.75, 3.05) is 0 Å². The Balaban J connectivity index is 1.24. The SMILES string of the molecule is c1ccc(-c2ccc(C3c4ccccc4-c4ccc5c(c43)c3ccccc3n5-c3ccc4oc5ccccc5c4c3)cc2)cc1. The van der Waals surface area contributed by atoms with Gasteiger partial charge in [-0.3, -0.25) is 0 Å². The zero-order valence-corrected chi connectivity index (χ0v) is 24.4. The minimum atomic E-state index is 0.143. The molecule has 1 aliphatic carbocycles. The maximum absolute atomic E-state index is 6.19. The van der Waals surface area contributed by atoms with E-state index in [2.05, 4.69) is 150 Å². The molecular weight excluding hydrogens is 546 g/mol. The molecule has 2 heterocycles. The van der Waals surface area contributed by atoms with Gasteiger partial charge in [0, 0.05) is 33.2 Å². The molecule has 0 N–H and O–H groups in total. The average molecular weight is 574 g/mol. The molecule has 2 heteroatoms. The lowest BCUT2D eigenvalue weighted by atomic mass is 9.86. The second-order valence-electron chi connectivity index (χ2n) is 12.1. The van der Waals surface area contributed by atoms with Gasteiger partial charge < -0.3 is 8.98 Å². The fourth-order valence-corrected chi connectivity index (χ4v) is 7.75. The van der Waals surface area contributed by atoms with Crippen LogP contribution in [0.3, 0.4) is 0 Å². The van der Waals surface area contributed by atoms with E-state index < -0.39 is 0 Å². The summed E-state index contributed by atoms with van der Waals surface area (Å²) >= 11 is 0. The predicted molar refractivity (Wildman–Crippen MR) is 186 cm³/mol. The molecule has 2 nitrogen and oxygen atoms in total. The Kier molecular flexibility index (Phi) is 5.09. The molecule has 0 spiro atoms. The minimum absolute atomic E-state index is 0.143. The van der Waals surface area contributed by atoms with Gasteiger partial charge in [0.1, 0.15) is 11.2 Å². The van der Waals surface area contributed by atoms with E-state index in [0.29, 0.717) is 0 Å². The molecule has 0 radical (unpaired) electrons. The lowest BCUT2D eigenvalue weighted by Crippen LogP contribution is -2.00. The van der Waals surface area contributed by atoms with Crippen LogP contribution in [0, 0.1) is 0 Å². The van der Waals surface area contributed by atoms with Gasteiger partial charge in [-0.15, -0.1) is 0 Å². The third-order valence-electron chi connectivity index (χ3n) is 9.70. The highest BCUT2D eigenvalue weighted by atomic mass is 16.3. The molecule has 45 heavy (non-hydrogen) atoms. The van der Waals surface area contributed by atoms with Crippen molar-refractivity contribution >= 4 is 43.7 Å². The van der Waals surface area contributed by atoms with Crippen LogP contribution in [0.25, 0.3) is 71.7 Å². The molecule has 7 aromatic carbocycles. The first kappa shape index (κ1) is 24.6. The summed E-state index contributed by atoms with van der Waals surface area (Å²) in [4.78, 5) is 0. The topological polar surface area (TPSA) is 18.1 Å². The second-order valence-corrected chi connectivity index (χ2v) is 12.1. The summed E-state index contributed by atoms with van der Waals surface area (Å²) in [5, 5.41) is 4.89. The van der Waals surface area contributed by atoms with Crippen LogP contribution in [0.15, 0.2) is 162 Å². The van der Waals surface area contributed by atoms with Gasteiger partial charge in [0.2, 0.25) is 0 Å². The van der Waals surface area contributed by atoms with Crippen LogP contribution in [0.5, 0.6) is 0 Å². The molecule has 0 aliphatic heterocycles. The quantitative estimate of drug-likeness (QED) is 0.206. The van der Waals surface area contributed by atoms with Crippen molar-refractivity contribution in [3.63, 3.8) is 0 Å². The number of aromatic nitrogens is 1. The van der Waals surface area contributed by atoms with Crippen LogP contribution in [0.4, 0.5) is 0 Å². The summed E-state index contributed by atoms with van der Waals surface area (Å²) in [6.07, 6.45) is 0. The first-order valence-corrected chi connectivity index (χ1v) is 15.6. The molecule has 0 bridgehead atoms. The fraction of sp³-hybridized carbons (Fsp3) is 0.0233. The molecule has 1 atom stereocenters. The second kappa shape index (κ2) is 9.32. The van der Waals surface area contributed by atoms with Gasteiger partial charge >= 0.3 is 0 Å². The van der Waals surface area contributed by atoms with E-state index in [1.807, 2.05) is 12.1 Å². The Morgan fingerprint density at radius 2 is 1.18 bits per heavy atom. The number of para-hydroxylation sites is 2. The van der Waals surface area contributed by atoms with Gasteiger partial charge in [-0.05, 0) is 75.3 Å². The van der Waals surface area contributed by atoms with E-state index >= 15 is 0 Å². The number of benzene rings is 7. The third kappa shape index (κ3) is 3.51. The van der Waals surface area contributed by atoms with Crippen molar-refractivity contribution in [2.24, 2.45) is 0 Å². The summed E-state index contributed by atoms with van der Waals surface area (Å²) in [6, 6.07) is 57.2. The zero-order chi connectivity index (χ0) is 29.5. The maximum Gasteiger partial charge on any atom is 0.135 e. The van der Waals surface area contributed by atoms with E-state index in [4.69, 9.17) is 4.42 Å². The molecule has 9 aromatic rings. The minimum Gasteiger partial charge on any atom is -0.456 e. The van der Waals surface area contributed by atoms with Gasteiger partial charge in [0.05, 0.1) is 11.0 Å². The van der Waals surface area contributed by atoms with Gasteiger partial charge in [-0.25, -0.2) is 0 Å². The largest absolute Gasteiger partial charge is 0.456 e. The number of nitrogens with zero attached hydrogens (tertiary/aromatic N) is 1. The molecular formula is C43H27NO. The standard InChI is InChI=1S/C43H27NO/c1-2-10-27(11-3-1)28-18-20-29(21-19-28)41-33-14-5-4-12-31(33)34-23-24-38-42(43(34)41)35-15-6-8-16-37(35)44(38)30-22-25-40-36(26-30)32-13-7-9-17-39(32)45-40/h1-26,41H. The third-order valence-corrected chi connectivity index (χ3v) is 9.70. The summed E-state index contributed by atoms with van der Waals surface area (Å²) in [6.45, 7) is 0. The molecule has 10 rings (SSSR count). The number of rotatable bonds is 3. The van der Waals surface area contributed by atoms with E-state index in [1.165, 1.54) is 60.8 Å². The molecule has 1 aliphatic rings. The maximum atomic E-state index is 6.19. The lowest BCUT2D eigenvalue weighted by Gasteiger charge is -2.17. The van der Waals surface area contributed by atoms with Crippen molar-refractivity contribution < 1.29 is 4.42 Å². The van der Waals surface area contributed by atoms with Crippen molar-refractivity contribution in [1.29, 1.82) is 0 Å². The number of hydrogen-bond acceptors (Lipinski definition) is 1. The highest BCUT2D eigenvalue weighted by Crippen LogP contribution is 2.53. The summed E-state index contributed by atoms with van der Waals surface area (Å²) in [5.41, 5.74) is 14.6. The van der Waals surface area contributed by atoms with Crippen molar-refractivity contribution in [1.82, 2.24) is 4.57 Å². The van der Waals surface area contributed by atoms with Crippen LogP contribution in [-0.4, -0.2) is 4.57 Å². The molecule has 0 saturated heterocycles. The van der Waals surface area contributed by atoms with E-state index in [9.17, 15) is 0 Å². The van der Waals surface area contributed by atoms with Gasteiger partial charge in [0.25, 0.3) is 0 Å². The summed E-state index contributed by atoms with van der Waals surface area (Å²) < 4.78 is 8.62. The Morgan fingerprint density at radius 3 is 2.07 bits per heavy atom. The van der Waals surface area contributed by atoms with Crippen LogP contribution < -0.4 is 0 Å². The molecule has 0 amide bonds. The first-order valence-electron chi connectivity index (χ1n) is 15.6. The van der Waals surface area contributed by atoms with Crippen molar-refractivity contribution in [3.8, 4) is 27.9 Å². The smallest absolute Gasteiger partial charge is 0.135 e. The summed E-state index contributed by atoms with van der Waals surface area (Å²) in [5.74, 6) is 0.143. The number of furan rings is 1. The van der Waals surface area contributed by atoms with Crippen LogP contribution in [0.1, 0.15) is 22.6 Å². The van der Waals surface area contributed by atoms with E-state index in [1.54, 1.807) is 0 Å². The molecule has 0 saturated carbocycles. The van der Waals surface area contributed by atoms with Gasteiger partial charge in [-0.2, -0.15) is 0 Å². The molecule has 1 unspecified atom stereocenters. The predicted octanol–water partition coefficient (Wildman–Crippen LogP) is 11.5. The summed E-state index contributed by atoms with van der Waals surface area (Å²) in [7, 11) is 0. The normalized spacial score (nSPS) is 14.0. The average Bonchev–Trinajstić information content (AvgIpc) is 3.76. The van der Waals surface area contributed by atoms with Crippen LogP contribution in [0.2, 0.25) is 0 Å². The van der Waals surface area contributed by atoms with Gasteiger partial charge in [-0.1, -0.05) is 121 Å². The van der Waals surface area contributed by atoms with Crippen molar-refractivity contribution in [3.05, 3.63) is 174 Å². The molecule has 2 aromatic heterocycles. The fourth-order valence-electron chi connectivity index (χ4n) is 7.75. The number of hydrogen-bond donors (Lipinski definition) is 0. The lowest BCUT2D eigenvalue weighted by molar-refractivity contribution is 0.669. The zero-order valence-electron chi connectivity index (χ0n) is 24.4. The Labute approximate surface area is 260 Å². The highest BCUT2D eigenvalue weighted by Gasteiger charge is 2.33. The van der Waals surface area contributed by atoms with E-state index in [0.717, 1.165) is 27.6 Å². The Hall–Kier alpha value is -5.86. The Morgan fingerprint density at radius 1 is 0.467 bits per heavy atom.